The van der Waals surface area contributed by atoms with Crippen LogP contribution in [0.1, 0.15) is 20.8 Å². The molecule has 0 fully saturated rings. The lowest BCUT2D eigenvalue weighted by molar-refractivity contribution is 0.506. The third kappa shape index (κ3) is 2.94. The van der Waals surface area contributed by atoms with Crippen LogP contribution < -0.4 is 15.8 Å². The van der Waals surface area contributed by atoms with Gasteiger partial charge in [0.25, 0.3) is 0 Å². The summed E-state index contributed by atoms with van der Waals surface area (Å²) in [5, 5.41) is 5.14. The van der Waals surface area contributed by atoms with Gasteiger partial charge in [-0.1, -0.05) is 19.9 Å². The zero-order valence-electron chi connectivity index (χ0n) is 11.2. The Labute approximate surface area is 109 Å². The van der Waals surface area contributed by atoms with E-state index in [1.165, 1.54) is 6.07 Å². The van der Waals surface area contributed by atoms with E-state index < -0.39 is 10.0 Å². The first-order valence-electron chi connectivity index (χ1n) is 5.80. The van der Waals surface area contributed by atoms with Gasteiger partial charge in [0, 0.05) is 13.1 Å². The second kappa shape index (κ2) is 5.16. The summed E-state index contributed by atoms with van der Waals surface area (Å²) in [5.74, 6) is 0.424. The molecule has 0 aliphatic rings. The summed E-state index contributed by atoms with van der Waals surface area (Å²) in [6.45, 7) is 6.26. The largest absolute Gasteiger partial charge is 0.396 e. The van der Waals surface area contributed by atoms with Crippen LogP contribution in [-0.4, -0.2) is 21.5 Å². The zero-order chi connectivity index (χ0) is 14.1. The molecular weight excluding hydrogens is 250 g/mol. The van der Waals surface area contributed by atoms with Crippen molar-refractivity contribution in [2.45, 2.75) is 31.7 Å². The van der Waals surface area contributed by atoms with Crippen molar-refractivity contribution in [3.05, 3.63) is 18.2 Å². The van der Waals surface area contributed by atoms with Crippen LogP contribution in [0.3, 0.4) is 0 Å². The van der Waals surface area contributed by atoms with Gasteiger partial charge in [0.1, 0.15) is 4.90 Å². The number of para-hydroxylation sites is 1. The Morgan fingerprint density at radius 3 is 2.22 bits per heavy atom. The Balaban J connectivity index is 3.28. The summed E-state index contributed by atoms with van der Waals surface area (Å²) in [6, 6.07) is 5.10. The van der Waals surface area contributed by atoms with Gasteiger partial charge < -0.3 is 10.6 Å². The van der Waals surface area contributed by atoms with Crippen molar-refractivity contribution in [2.24, 2.45) is 11.1 Å². The van der Waals surface area contributed by atoms with E-state index in [0.717, 1.165) is 0 Å². The molecule has 1 aromatic rings. The van der Waals surface area contributed by atoms with Crippen molar-refractivity contribution in [3.63, 3.8) is 0 Å². The van der Waals surface area contributed by atoms with Crippen LogP contribution in [-0.2, 0) is 10.0 Å². The van der Waals surface area contributed by atoms with Gasteiger partial charge in [-0.25, -0.2) is 13.6 Å². The molecule has 0 bridgehead atoms. The van der Waals surface area contributed by atoms with E-state index in [9.17, 15) is 8.42 Å². The highest BCUT2D eigenvalue weighted by Gasteiger charge is 2.20. The SMILES string of the molecule is CC(C)C(C)N(C)c1cccc(S(N)(=O)=O)c1N. The molecule has 0 saturated carbocycles. The van der Waals surface area contributed by atoms with E-state index in [1.54, 1.807) is 12.1 Å². The molecule has 18 heavy (non-hydrogen) atoms. The normalized spacial score (nSPS) is 13.7. The molecular formula is C12H21N3O2S. The fraction of sp³-hybridized carbons (Fsp3) is 0.500. The van der Waals surface area contributed by atoms with Gasteiger partial charge in [-0.15, -0.1) is 0 Å². The number of nitrogens with two attached hydrogens (primary N) is 2. The number of hydrogen-bond acceptors (Lipinski definition) is 4. The van der Waals surface area contributed by atoms with E-state index in [1.807, 2.05) is 11.9 Å². The van der Waals surface area contributed by atoms with Crippen molar-refractivity contribution < 1.29 is 8.42 Å². The van der Waals surface area contributed by atoms with E-state index in [0.29, 0.717) is 11.6 Å². The molecule has 0 aliphatic carbocycles. The predicted molar refractivity (Wildman–Crippen MR) is 74.9 cm³/mol. The van der Waals surface area contributed by atoms with Crippen LogP contribution in [0.15, 0.2) is 23.1 Å². The lowest BCUT2D eigenvalue weighted by Crippen LogP contribution is -2.34. The minimum atomic E-state index is -3.79. The van der Waals surface area contributed by atoms with Crippen LogP contribution in [0.5, 0.6) is 0 Å². The number of sulfonamides is 1. The van der Waals surface area contributed by atoms with E-state index >= 15 is 0 Å². The molecule has 102 valence electrons. The summed E-state index contributed by atoms with van der Waals surface area (Å²) in [4.78, 5) is 1.94. The fourth-order valence-corrected chi connectivity index (χ4v) is 2.43. The standard InChI is InChI=1S/C12H21N3O2S/c1-8(2)9(3)15(4)10-6-5-7-11(12(10)13)18(14,16)17/h5-9H,13H2,1-4H3,(H2,14,16,17). The maximum absolute atomic E-state index is 11.4. The van der Waals surface area contributed by atoms with Crippen LogP contribution in [0, 0.1) is 5.92 Å². The average Bonchev–Trinajstić information content (AvgIpc) is 2.25. The van der Waals surface area contributed by atoms with Gasteiger partial charge in [0.15, 0.2) is 0 Å². The van der Waals surface area contributed by atoms with E-state index in [2.05, 4.69) is 20.8 Å². The van der Waals surface area contributed by atoms with Crippen molar-refractivity contribution >= 4 is 21.4 Å². The number of nitrogen functional groups attached to an aromatic ring is 1. The third-order valence-electron chi connectivity index (χ3n) is 3.31. The first kappa shape index (κ1) is 14.8. The highest BCUT2D eigenvalue weighted by molar-refractivity contribution is 7.89. The smallest absolute Gasteiger partial charge is 0.240 e. The molecule has 0 spiro atoms. The molecule has 4 N–H and O–H groups in total. The third-order valence-corrected chi connectivity index (χ3v) is 4.27. The number of primary sulfonamides is 1. The van der Waals surface area contributed by atoms with Crippen LogP contribution in [0.25, 0.3) is 0 Å². The van der Waals surface area contributed by atoms with Crippen LogP contribution in [0.4, 0.5) is 11.4 Å². The number of anilines is 2. The van der Waals surface area contributed by atoms with Crippen molar-refractivity contribution in [1.29, 1.82) is 0 Å². The molecule has 0 heterocycles. The Morgan fingerprint density at radius 2 is 1.78 bits per heavy atom. The maximum Gasteiger partial charge on any atom is 0.240 e. The molecule has 5 nitrogen and oxygen atoms in total. The lowest BCUT2D eigenvalue weighted by Gasteiger charge is -2.31. The van der Waals surface area contributed by atoms with Crippen LogP contribution in [0.2, 0.25) is 0 Å². The monoisotopic (exact) mass is 271 g/mol. The Morgan fingerprint density at radius 1 is 1.22 bits per heavy atom. The van der Waals surface area contributed by atoms with Gasteiger partial charge in [0.05, 0.1) is 11.4 Å². The van der Waals surface area contributed by atoms with Crippen molar-refractivity contribution in [3.8, 4) is 0 Å². The van der Waals surface area contributed by atoms with Gasteiger partial charge >= 0.3 is 0 Å². The number of rotatable bonds is 4. The van der Waals surface area contributed by atoms with Gasteiger partial charge in [-0.3, -0.25) is 0 Å². The van der Waals surface area contributed by atoms with Gasteiger partial charge in [-0.2, -0.15) is 0 Å². The second-order valence-corrected chi connectivity index (χ2v) is 6.36. The molecule has 0 amide bonds. The zero-order valence-corrected chi connectivity index (χ0v) is 12.0. The Kier molecular flexibility index (Phi) is 4.24. The van der Waals surface area contributed by atoms with Crippen LogP contribution >= 0.6 is 0 Å². The number of hydrogen-bond donors (Lipinski definition) is 2. The molecule has 1 atom stereocenters. The van der Waals surface area contributed by atoms with E-state index in [4.69, 9.17) is 10.9 Å². The fourth-order valence-electron chi connectivity index (χ4n) is 1.75. The maximum atomic E-state index is 11.4. The molecule has 0 radical (unpaired) electrons. The number of nitrogens with zero attached hydrogens (tertiary/aromatic N) is 1. The summed E-state index contributed by atoms with van der Waals surface area (Å²) in [6.07, 6.45) is 0. The first-order valence-corrected chi connectivity index (χ1v) is 7.35. The molecule has 0 aromatic heterocycles. The van der Waals surface area contributed by atoms with E-state index in [-0.39, 0.29) is 16.6 Å². The summed E-state index contributed by atoms with van der Waals surface area (Å²) in [5.41, 5.74) is 6.79. The summed E-state index contributed by atoms with van der Waals surface area (Å²) >= 11 is 0. The van der Waals surface area contributed by atoms with Gasteiger partial charge in [0.2, 0.25) is 10.0 Å². The molecule has 0 saturated heterocycles. The molecule has 6 heteroatoms. The second-order valence-electron chi connectivity index (χ2n) is 4.83. The molecule has 0 aliphatic heterocycles. The molecule has 1 unspecified atom stereocenters. The summed E-state index contributed by atoms with van der Waals surface area (Å²) < 4.78 is 22.8. The minimum absolute atomic E-state index is 0.0252. The molecule has 1 aromatic carbocycles. The highest BCUT2D eigenvalue weighted by Crippen LogP contribution is 2.30. The van der Waals surface area contributed by atoms with Crippen molar-refractivity contribution in [1.82, 2.24) is 0 Å². The van der Waals surface area contributed by atoms with Gasteiger partial charge in [-0.05, 0) is 25.0 Å². The van der Waals surface area contributed by atoms with Crippen molar-refractivity contribution in [2.75, 3.05) is 17.7 Å². The lowest BCUT2D eigenvalue weighted by atomic mass is 10.0. The number of benzene rings is 1. The average molecular weight is 271 g/mol. The summed E-state index contributed by atoms with van der Waals surface area (Å²) in [7, 11) is -1.89. The predicted octanol–water partition coefficient (Wildman–Crippen LogP) is 1.40. The first-order chi connectivity index (χ1) is 8.16. The quantitative estimate of drug-likeness (QED) is 0.810. The topological polar surface area (TPSA) is 89.4 Å². The highest BCUT2D eigenvalue weighted by atomic mass is 32.2. The Bertz CT molecular complexity index is 526. The molecule has 1 rings (SSSR count). The Hall–Kier alpha value is -1.27. The minimum Gasteiger partial charge on any atom is -0.396 e.